The van der Waals surface area contributed by atoms with Crippen LogP contribution >= 0.6 is 11.3 Å². The largest absolute Gasteiger partial charge is 0.348 e. The molecule has 2 rings (SSSR count). The van der Waals surface area contributed by atoms with E-state index in [2.05, 4.69) is 20.8 Å². The lowest BCUT2D eigenvalue weighted by Crippen LogP contribution is -2.37. The van der Waals surface area contributed by atoms with Crippen LogP contribution in [-0.2, 0) is 4.79 Å². The number of aromatic nitrogens is 2. The zero-order valence-corrected chi connectivity index (χ0v) is 11.2. The fourth-order valence-electron chi connectivity index (χ4n) is 1.53. The molecule has 2 heterocycles. The topological polar surface area (TPSA) is 86.9 Å². The van der Waals surface area contributed by atoms with Crippen LogP contribution in [0.3, 0.4) is 0 Å². The van der Waals surface area contributed by atoms with Gasteiger partial charge in [0.25, 0.3) is 5.91 Å². The third-order valence-corrected chi connectivity index (χ3v) is 3.42. The molecule has 0 saturated carbocycles. The average molecular weight is 278 g/mol. The Morgan fingerprint density at radius 3 is 3.00 bits per heavy atom. The van der Waals surface area contributed by atoms with Crippen molar-refractivity contribution in [2.75, 3.05) is 6.54 Å². The summed E-state index contributed by atoms with van der Waals surface area (Å²) >= 11 is 1.34. The summed E-state index contributed by atoms with van der Waals surface area (Å²) in [4.78, 5) is 23.9. The zero-order valence-electron chi connectivity index (χ0n) is 10.3. The summed E-state index contributed by atoms with van der Waals surface area (Å²) < 4.78 is 0. The highest BCUT2D eigenvalue weighted by Crippen LogP contribution is 2.09. The summed E-state index contributed by atoms with van der Waals surface area (Å²) in [5.74, 6) is -0.472. The molecule has 3 N–H and O–H groups in total. The van der Waals surface area contributed by atoms with Gasteiger partial charge in [-0.15, -0.1) is 11.3 Å². The summed E-state index contributed by atoms with van der Waals surface area (Å²) in [5, 5.41) is 13.7. The molecule has 0 saturated heterocycles. The number of H-pyrrole nitrogens is 1. The van der Waals surface area contributed by atoms with Crippen molar-refractivity contribution in [2.45, 2.75) is 13.0 Å². The van der Waals surface area contributed by atoms with Crippen LogP contribution in [0, 0.1) is 0 Å². The Morgan fingerprint density at radius 1 is 1.53 bits per heavy atom. The molecule has 0 aliphatic rings. The molecule has 0 aliphatic carbocycles. The van der Waals surface area contributed by atoms with E-state index < -0.39 is 0 Å². The standard InChI is InChI=1S/C12H14N4O2S/c1-8(9-5-14-15-6-9)16-11(17)7-13-12(18)10-3-2-4-19-10/h2-6,8H,7H2,1H3,(H,13,18)(H,14,15)(H,16,17). The van der Waals surface area contributed by atoms with Gasteiger partial charge in [0, 0.05) is 11.8 Å². The van der Waals surface area contributed by atoms with E-state index in [9.17, 15) is 9.59 Å². The van der Waals surface area contributed by atoms with Crippen LogP contribution in [0.4, 0.5) is 0 Å². The molecule has 7 heteroatoms. The van der Waals surface area contributed by atoms with Crippen LogP contribution in [0.5, 0.6) is 0 Å². The molecule has 0 fully saturated rings. The lowest BCUT2D eigenvalue weighted by molar-refractivity contribution is -0.120. The van der Waals surface area contributed by atoms with Gasteiger partial charge in [-0.1, -0.05) is 6.07 Å². The lowest BCUT2D eigenvalue weighted by Gasteiger charge is -2.12. The van der Waals surface area contributed by atoms with Crippen molar-refractivity contribution < 1.29 is 9.59 Å². The third kappa shape index (κ3) is 3.65. The highest BCUT2D eigenvalue weighted by molar-refractivity contribution is 7.12. The molecule has 6 nitrogen and oxygen atoms in total. The molecule has 0 aliphatic heterocycles. The molecule has 100 valence electrons. The van der Waals surface area contributed by atoms with Gasteiger partial charge in [-0.2, -0.15) is 5.10 Å². The molecule has 0 spiro atoms. The van der Waals surface area contributed by atoms with E-state index in [0.717, 1.165) is 5.56 Å². The number of hydrogen-bond acceptors (Lipinski definition) is 4. The highest BCUT2D eigenvalue weighted by Gasteiger charge is 2.12. The molecular formula is C12H14N4O2S. The molecular weight excluding hydrogens is 264 g/mol. The van der Waals surface area contributed by atoms with E-state index in [1.165, 1.54) is 11.3 Å². The predicted octanol–water partition coefficient (Wildman–Crippen LogP) is 1.08. The van der Waals surface area contributed by atoms with Gasteiger partial charge in [-0.3, -0.25) is 14.7 Å². The average Bonchev–Trinajstić information content (AvgIpc) is 3.07. The smallest absolute Gasteiger partial charge is 0.261 e. The molecule has 0 aromatic carbocycles. The molecule has 2 aromatic heterocycles. The Morgan fingerprint density at radius 2 is 2.37 bits per heavy atom. The number of nitrogens with one attached hydrogen (secondary N) is 3. The van der Waals surface area contributed by atoms with E-state index in [1.54, 1.807) is 24.5 Å². The minimum absolute atomic E-state index is 0.0427. The second-order valence-corrected chi connectivity index (χ2v) is 4.93. The van der Waals surface area contributed by atoms with Crippen molar-refractivity contribution in [1.29, 1.82) is 0 Å². The van der Waals surface area contributed by atoms with Crippen molar-refractivity contribution in [3.63, 3.8) is 0 Å². The Kier molecular flexibility index (Phi) is 4.30. The van der Waals surface area contributed by atoms with Gasteiger partial charge < -0.3 is 10.6 Å². The maximum Gasteiger partial charge on any atom is 0.261 e. The summed E-state index contributed by atoms with van der Waals surface area (Å²) in [6.45, 7) is 1.81. The van der Waals surface area contributed by atoms with Gasteiger partial charge in [-0.05, 0) is 18.4 Å². The maximum absolute atomic E-state index is 11.7. The molecule has 2 aromatic rings. The zero-order chi connectivity index (χ0) is 13.7. The van der Waals surface area contributed by atoms with Crippen molar-refractivity contribution in [1.82, 2.24) is 20.8 Å². The number of hydrogen-bond donors (Lipinski definition) is 3. The van der Waals surface area contributed by atoms with Crippen LogP contribution in [-0.4, -0.2) is 28.6 Å². The van der Waals surface area contributed by atoms with Gasteiger partial charge in [0.05, 0.1) is 23.7 Å². The summed E-state index contributed by atoms with van der Waals surface area (Å²) in [6.07, 6.45) is 3.37. The summed E-state index contributed by atoms with van der Waals surface area (Å²) in [5.41, 5.74) is 0.887. The Balaban J connectivity index is 1.77. The van der Waals surface area contributed by atoms with E-state index in [0.29, 0.717) is 4.88 Å². The number of carbonyl (C=O) groups excluding carboxylic acids is 2. The van der Waals surface area contributed by atoms with Gasteiger partial charge in [0.1, 0.15) is 0 Å². The van der Waals surface area contributed by atoms with Crippen molar-refractivity contribution >= 4 is 23.2 Å². The van der Waals surface area contributed by atoms with E-state index in [4.69, 9.17) is 0 Å². The van der Waals surface area contributed by atoms with Crippen molar-refractivity contribution in [2.24, 2.45) is 0 Å². The molecule has 1 atom stereocenters. The minimum atomic E-state index is -0.237. The molecule has 0 bridgehead atoms. The van der Waals surface area contributed by atoms with Gasteiger partial charge >= 0.3 is 0 Å². The van der Waals surface area contributed by atoms with Gasteiger partial charge in [-0.25, -0.2) is 0 Å². The summed E-state index contributed by atoms with van der Waals surface area (Å²) in [7, 11) is 0. The van der Waals surface area contributed by atoms with Crippen LogP contribution in [0.25, 0.3) is 0 Å². The second kappa shape index (κ2) is 6.14. The normalized spacial score (nSPS) is 11.8. The predicted molar refractivity (Wildman–Crippen MR) is 71.8 cm³/mol. The molecule has 2 amide bonds. The molecule has 0 radical (unpaired) electrons. The molecule has 19 heavy (non-hydrogen) atoms. The number of carbonyl (C=O) groups is 2. The highest BCUT2D eigenvalue weighted by atomic mass is 32.1. The Labute approximate surface area is 114 Å². The maximum atomic E-state index is 11.7. The first-order chi connectivity index (χ1) is 9.16. The van der Waals surface area contributed by atoms with Crippen LogP contribution in [0.15, 0.2) is 29.9 Å². The second-order valence-electron chi connectivity index (χ2n) is 3.98. The first-order valence-corrected chi connectivity index (χ1v) is 6.64. The SMILES string of the molecule is CC(NC(=O)CNC(=O)c1cccs1)c1cn[nH]c1. The van der Waals surface area contributed by atoms with E-state index in [1.807, 2.05) is 12.3 Å². The van der Waals surface area contributed by atoms with Crippen molar-refractivity contribution in [3.05, 3.63) is 40.3 Å². The van der Waals surface area contributed by atoms with E-state index in [-0.39, 0.29) is 24.4 Å². The minimum Gasteiger partial charge on any atom is -0.348 e. The van der Waals surface area contributed by atoms with Crippen LogP contribution < -0.4 is 10.6 Å². The Bertz CT molecular complexity index is 536. The number of amides is 2. The quantitative estimate of drug-likeness (QED) is 0.765. The number of thiophene rings is 1. The third-order valence-electron chi connectivity index (χ3n) is 2.55. The van der Waals surface area contributed by atoms with Crippen molar-refractivity contribution in [3.8, 4) is 0 Å². The number of rotatable bonds is 5. The molecule has 1 unspecified atom stereocenters. The lowest BCUT2D eigenvalue weighted by atomic mass is 10.2. The fourth-order valence-corrected chi connectivity index (χ4v) is 2.17. The number of aromatic amines is 1. The number of nitrogens with zero attached hydrogens (tertiary/aromatic N) is 1. The first-order valence-electron chi connectivity index (χ1n) is 5.76. The fraction of sp³-hybridized carbons (Fsp3) is 0.250. The first kappa shape index (κ1) is 13.3. The van der Waals surface area contributed by atoms with Crippen LogP contribution in [0.1, 0.15) is 28.2 Å². The Hall–Kier alpha value is -2.15. The van der Waals surface area contributed by atoms with E-state index >= 15 is 0 Å². The van der Waals surface area contributed by atoms with Crippen LogP contribution in [0.2, 0.25) is 0 Å². The van der Waals surface area contributed by atoms with Gasteiger partial charge in [0.15, 0.2) is 0 Å². The monoisotopic (exact) mass is 278 g/mol. The van der Waals surface area contributed by atoms with Gasteiger partial charge in [0.2, 0.25) is 5.91 Å². The summed E-state index contributed by atoms with van der Waals surface area (Å²) in [6, 6.07) is 3.36.